The Bertz CT molecular complexity index is 915. The van der Waals surface area contributed by atoms with Crippen LogP contribution in [0.2, 0.25) is 0 Å². The molecule has 0 atom stereocenters. The maximum absolute atomic E-state index is 11.5. The van der Waals surface area contributed by atoms with Gasteiger partial charge < -0.3 is 5.11 Å². The van der Waals surface area contributed by atoms with Gasteiger partial charge in [0.2, 0.25) is 0 Å². The average Bonchev–Trinajstić information content (AvgIpc) is 2.90. The van der Waals surface area contributed by atoms with Crippen molar-refractivity contribution < 1.29 is 13.5 Å². The molecule has 2 aromatic heterocycles. The molecular weight excluding hydrogens is 302 g/mol. The van der Waals surface area contributed by atoms with Gasteiger partial charge in [0.15, 0.2) is 15.5 Å². The van der Waals surface area contributed by atoms with E-state index in [1.807, 2.05) is 6.20 Å². The van der Waals surface area contributed by atoms with Crippen LogP contribution in [0, 0.1) is 0 Å². The summed E-state index contributed by atoms with van der Waals surface area (Å²) < 4.78 is 24.6. The minimum absolute atomic E-state index is 0.0638. The van der Waals surface area contributed by atoms with E-state index in [1.165, 1.54) is 6.26 Å². The summed E-state index contributed by atoms with van der Waals surface area (Å²) in [5.74, 6) is 0. The fourth-order valence-electron chi connectivity index (χ4n) is 2.26. The number of fused-ring (bicyclic) bond motifs is 1. The number of hydrogen-bond donors (Lipinski definition) is 1. The number of benzene rings is 1. The van der Waals surface area contributed by atoms with Crippen molar-refractivity contribution in [3.8, 4) is 11.1 Å². The SMILES string of the molecule is CS(=O)(=O)c1ccc(-c2cnn3cc(CCO)cnc23)cc1. The highest BCUT2D eigenvalue weighted by Gasteiger charge is 2.11. The van der Waals surface area contributed by atoms with Gasteiger partial charge in [-0.15, -0.1) is 0 Å². The highest BCUT2D eigenvalue weighted by molar-refractivity contribution is 7.90. The molecule has 0 saturated heterocycles. The van der Waals surface area contributed by atoms with Gasteiger partial charge in [0.25, 0.3) is 0 Å². The van der Waals surface area contributed by atoms with Crippen molar-refractivity contribution in [3.63, 3.8) is 0 Å². The summed E-state index contributed by atoms with van der Waals surface area (Å²) in [6.45, 7) is 0.0638. The van der Waals surface area contributed by atoms with Gasteiger partial charge in [-0.2, -0.15) is 5.10 Å². The lowest BCUT2D eigenvalue weighted by atomic mass is 10.1. The third-order valence-electron chi connectivity index (χ3n) is 3.40. The van der Waals surface area contributed by atoms with Crippen LogP contribution in [0.1, 0.15) is 5.56 Å². The average molecular weight is 317 g/mol. The Hall–Kier alpha value is -2.25. The van der Waals surface area contributed by atoms with E-state index in [9.17, 15) is 8.42 Å². The van der Waals surface area contributed by atoms with E-state index in [0.29, 0.717) is 12.1 Å². The Morgan fingerprint density at radius 2 is 1.91 bits per heavy atom. The Morgan fingerprint density at radius 1 is 1.18 bits per heavy atom. The molecule has 0 saturated carbocycles. The largest absolute Gasteiger partial charge is 0.396 e. The van der Waals surface area contributed by atoms with E-state index in [1.54, 1.807) is 41.2 Å². The Labute approximate surface area is 128 Å². The van der Waals surface area contributed by atoms with E-state index in [2.05, 4.69) is 10.1 Å². The molecule has 1 aromatic carbocycles. The van der Waals surface area contributed by atoms with Crippen LogP contribution in [-0.4, -0.2) is 41.0 Å². The van der Waals surface area contributed by atoms with Crippen molar-refractivity contribution in [2.75, 3.05) is 12.9 Å². The summed E-state index contributed by atoms with van der Waals surface area (Å²) in [5, 5.41) is 13.2. The number of sulfone groups is 1. The predicted octanol–water partition coefficient (Wildman–Crippen LogP) is 1.33. The van der Waals surface area contributed by atoms with Crippen LogP contribution in [0.15, 0.2) is 47.8 Å². The molecule has 114 valence electrons. The van der Waals surface area contributed by atoms with Crippen molar-refractivity contribution in [2.45, 2.75) is 11.3 Å². The molecule has 2 heterocycles. The van der Waals surface area contributed by atoms with Gasteiger partial charge in [0.05, 0.1) is 11.1 Å². The molecule has 7 heteroatoms. The van der Waals surface area contributed by atoms with Gasteiger partial charge in [0.1, 0.15) is 0 Å². The Morgan fingerprint density at radius 3 is 2.55 bits per heavy atom. The van der Waals surface area contributed by atoms with E-state index < -0.39 is 9.84 Å². The summed E-state index contributed by atoms with van der Waals surface area (Å²) in [6, 6.07) is 6.65. The summed E-state index contributed by atoms with van der Waals surface area (Å²) in [5.41, 5.74) is 3.27. The maximum Gasteiger partial charge on any atom is 0.175 e. The predicted molar refractivity (Wildman–Crippen MR) is 82.3 cm³/mol. The van der Waals surface area contributed by atoms with Crippen LogP contribution in [0.4, 0.5) is 0 Å². The number of aliphatic hydroxyl groups is 1. The first-order valence-corrected chi connectivity index (χ1v) is 8.62. The molecule has 0 radical (unpaired) electrons. The monoisotopic (exact) mass is 317 g/mol. The van der Waals surface area contributed by atoms with Gasteiger partial charge in [-0.05, 0) is 29.7 Å². The first kappa shape index (κ1) is 14.7. The first-order valence-electron chi connectivity index (χ1n) is 6.72. The number of hydrogen-bond acceptors (Lipinski definition) is 5. The zero-order valence-corrected chi connectivity index (χ0v) is 12.8. The van der Waals surface area contributed by atoms with Crippen molar-refractivity contribution in [3.05, 3.63) is 48.4 Å². The van der Waals surface area contributed by atoms with Gasteiger partial charge in [-0.1, -0.05) is 12.1 Å². The van der Waals surface area contributed by atoms with E-state index >= 15 is 0 Å². The minimum atomic E-state index is -3.20. The van der Waals surface area contributed by atoms with Crippen LogP contribution in [-0.2, 0) is 16.3 Å². The molecule has 0 amide bonds. The topological polar surface area (TPSA) is 84.6 Å². The number of aliphatic hydroxyl groups excluding tert-OH is 1. The summed E-state index contributed by atoms with van der Waals surface area (Å²) >= 11 is 0. The zero-order valence-electron chi connectivity index (χ0n) is 12.0. The molecule has 0 aliphatic heterocycles. The second-order valence-electron chi connectivity index (χ2n) is 5.06. The van der Waals surface area contributed by atoms with Gasteiger partial charge in [-0.3, -0.25) is 0 Å². The third-order valence-corrected chi connectivity index (χ3v) is 4.53. The van der Waals surface area contributed by atoms with E-state index in [-0.39, 0.29) is 11.5 Å². The molecule has 0 bridgehead atoms. The van der Waals surface area contributed by atoms with E-state index in [4.69, 9.17) is 5.11 Å². The minimum Gasteiger partial charge on any atom is -0.396 e. The summed E-state index contributed by atoms with van der Waals surface area (Å²) in [4.78, 5) is 4.66. The van der Waals surface area contributed by atoms with Crippen molar-refractivity contribution >= 4 is 15.5 Å². The highest BCUT2D eigenvalue weighted by Crippen LogP contribution is 2.24. The van der Waals surface area contributed by atoms with Crippen molar-refractivity contribution in [1.82, 2.24) is 14.6 Å². The second kappa shape index (κ2) is 5.51. The van der Waals surface area contributed by atoms with Crippen LogP contribution in [0.25, 0.3) is 16.8 Å². The Kier molecular flexibility index (Phi) is 3.67. The number of rotatable bonds is 4. The van der Waals surface area contributed by atoms with Crippen LogP contribution in [0.5, 0.6) is 0 Å². The Balaban J connectivity index is 2.03. The second-order valence-corrected chi connectivity index (χ2v) is 7.07. The van der Waals surface area contributed by atoms with Crippen LogP contribution in [0.3, 0.4) is 0 Å². The molecule has 3 rings (SSSR count). The molecule has 0 unspecified atom stereocenters. The maximum atomic E-state index is 11.5. The summed E-state index contributed by atoms with van der Waals surface area (Å²) in [6.07, 6.45) is 6.94. The fourth-order valence-corrected chi connectivity index (χ4v) is 2.89. The molecule has 6 nitrogen and oxygen atoms in total. The first-order chi connectivity index (χ1) is 10.5. The van der Waals surface area contributed by atoms with Gasteiger partial charge >= 0.3 is 0 Å². The molecule has 0 spiro atoms. The van der Waals surface area contributed by atoms with Crippen LogP contribution >= 0.6 is 0 Å². The lowest BCUT2D eigenvalue weighted by Crippen LogP contribution is -1.97. The number of aromatic nitrogens is 3. The van der Waals surface area contributed by atoms with Crippen molar-refractivity contribution in [1.29, 1.82) is 0 Å². The molecule has 0 aliphatic rings. The lowest BCUT2D eigenvalue weighted by Gasteiger charge is -2.03. The normalized spacial score (nSPS) is 11.9. The molecule has 22 heavy (non-hydrogen) atoms. The lowest BCUT2D eigenvalue weighted by molar-refractivity contribution is 0.299. The molecule has 1 N–H and O–H groups in total. The highest BCUT2D eigenvalue weighted by atomic mass is 32.2. The molecular formula is C15H15N3O3S. The summed E-state index contributed by atoms with van der Waals surface area (Å²) in [7, 11) is -3.20. The van der Waals surface area contributed by atoms with Gasteiger partial charge in [-0.25, -0.2) is 17.9 Å². The van der Waals surface area contributed by atoms with Crippen LogP contribution < -0.4 is 0 Å². The third kappa shape index (κ3) is 2.72. The smallest absolute Gasteiger partial charge is 0.175 e. The molecule has 0 fully saturated rings. The van der Waals surface area contributed by atoms with E-state index in [0.717, 1.165) is 16.7 Å². The van der Waals surface area contributed by atoms with Crippen molar-refractivity contribution in [2.24, 2.45) is 0 Å². The standard InChI is InChI=1S/C15H15N3O3S/c1-22(20,21)13-4-2-12(3-5-13)14-9-17-18-10-11(6-7-19)8-16-15(14)18/h2-5,8-10,19H,6-7H2,1H3. The fraction of sp³-hybridized carbons (Fsp3) is 0.200. The molecule has 0 aliphatic carbocycles. The molecule has 3 aromatic rings. The zero-order chi connectivity index (χ0) is 15.7. The van der Waals surface area contributed by atoms with Gasteiger partial charge in [0, 0.05) is 30.8 Å². The quantitative estimate of drug-likeness (QED) is 0.785. The number of nitrogens with zero attached hydrogens (tertiary/aromatic N) is 3.